The molecule has 3 aromatic carbocycles. The van der Waals surface area contributed by atoms with E-state index in [-0.39, 0.29) is 17.4 Å². The van der Waals surface area contributed by atoms with E-state index in [0.29, 0.717) is 12.1 Å². The number of anilines is 1. The van der Waals surface area contributed by atoms with E-state index in [0.717, 1.165) is 6.07 Å². The molecule has 0 fully saturated rings. The SMILES string of the molecule is F[B-]1(F)OC(Nc2cc(C(F)(F)F)cc(C(F)(F)F)c2)=[NH+]c2ccccc21.O=[N+]([O-])c1ccccc1. The van der Waals surface area contributed by atoms with E-state index in [1.165, 1.54) is 30.3 Å². The number of hydrogen-bond acceptors (Lipinski definition) is 4. The molecule has 0 spiro atoms. The number of amidine groups is 1. The molecule has 1 heterocycles. The number of non-ortho nitro benzene ring substituents is 1. The Kier molecular flexibility index (Phi) is 7.22. The molecule has 0 atom stereocenters. The van der Waals surface area contributed by atoms with E-state index in [1.54, 1.807) is 18.2 Å². The van der Waals surface area contributed by atoms with Gasteiger partial charge in [0.1, 0.15) is 11.4 Å². The average molecular weight is 519 g/mol. The number of benzene rings is 3. The van der Waals surface area contributed by atoms with Gasteiger partial charge in [-0.25, -0.2) is 10.3 Å². The lowest BCUT2D eigenvalue weighted by atomic mass is 9.74. The molecule has 3 aromatic rings. The van der Waals surface area contributed by atoms with Crippen LogP contribution in [0.3, 0.4) is 0 Å². The van der Waals surface area contributed by atoms with Gasteiger partial charge in [0.25, 0.3) is 5.69 Å². The van der Waals surface area contributed by atoms with Crippen LogP contribution in [0, 0.1) is 10.1 Å². The minimum atomic E-state index is -5.07. The molecule has 1 aliphatic heterocycles. The number of alkyl halides is 6. The quantitative estimate of drug-likeness (QED) is 0.225. The molecule has 0 saturated carbocycles. The van der Waals surface area contributed by atoms with Crippen LogP contribution in [0.1, 0.15) is 11.1 Å². The highest BCUT2D eigenvalue weighted by atomic mass is 19.4. The molecule has 6 nitrogen and oxygen atoms in total. The number of para-hydroxylation sites is 2. The Morgan fingerprint density at radius 3 is 1.86 bits per heavy atom. The highest BCUT2D eigenvalue weighted by Gasteiger charge is 2.41. The largest absolute Gasteiger partial charge is 0.597 e. The van der Waals surface area contributed by atoms with Crippen molar-refractivity contribution in [2.45, 2.75) is 12.4 Å². The van der Waals surface area contributed by atoms with E-state index in [9.17, 15) is 45.1 Å². The molecule has 15 heteroatoms. The third-order valence-electron chi connectivity index (χ3n) is 4.65. The standard InChI is InChI=1S/C15H8BF8N2O.C6H5NO2/c17-14(18,19)8-5-9(15(20,21)22)7-10(6-8)25-13-26-12-4-2-1-3-11(12)16(23,24)27-13;8-7(9)6-4-2-1-3-5-6/h1-7H,(H,25,26);1-5H/q-1;/p+1. The zero-order chi connectivity index (χ0) is 26.7. The maximum atomic E-state index is 14.1. The number of hydrogen-bond donors (Lipinski definition) is 2. The Balaban J connectivity index is 0.000000338. The van der Waals surface area contributed by atoms with E-state index in [4.69, 9.17) is 0 Å². The van der Waals surface area contributed by atoms with E-state index in [1.807, 2.05) is 5.32 Å². The Labute approximate surface area is 197 Å². The molecular formula is C21H14BF8N3O3. The maximum Gasteiger partial charge on any atom is 0.542 e. The van der Waals surface area contributed by atoms with Gasteiger partial charge in [0.15, 0.2) is 0 Å². The summed E-state index contributed by atoms with van der Waals surface area (Å²) in [4.78, 5) is 12.0. The average Bonchev–Trinajstić information content (AvgIpc) is 2.78. The van der Waals surface area contributed by atoms with Gasteiger partial charge >= 0.3 is 25.3 Å². The lowest BCUT2D eigenvalue weighted by Crippen LogP contribution is -2.78. The summed E-state index contributed by atoms with van der Waals surface area (Å²) in [5.41, 5.74) is -4.31. The van der Waals surface area contributed by atoms with E-state index >= 15 is 0 Å². The predicted octanol–water partition coefficient (Wildman–Crippen LogP) is 4.61. The monoisotopic (exact) mass is 519 g/mol. The van der Waals surface area contributed by atoms with Crippen LogP contribution >= 0.6 is 0 Å². The van der Waals surface area contributed by atoms with Gasteiger partial charge in [-0.15, -0.1) is 0 Å². The summed E-state index contributed by atoms with van der Waals surface area (Å²) < 4.78 is 110. The molecule has 1 aliphatic rings. The van der Waals surface area contributed by atoms with Crippen molar-refractivity contribution < 1.29 is 49.5 Å². The van der Waals surface area contributed by atoms with Crippen LogP contribution in [0.4, 0.5) is 52.0 Å². The van der Waals surface area contributed by atoms with Gasteiger partial charge in [0.05, 0.1) is 16.1 Å². The third-order valence-corrected chi connectivity index (χ3v) is 4.65. The Morgan fingerprint density at radius 2 is 1.36 bits per heavy atom. The molecule has 0 radical (unpaired) electrons. The molecule has 0 unspecified atom stereocenters. The first kappa shape index (κ1) is 26.4. The van der Waals surface area contributed by atoms with Crippen molar-refractivity contribution in [3.63, 3.8) is 0 Å². The normalized spacial score (nSPS) is 14.4. The lowest BCUT2D eigenvalue weighted by Gasteiger charge is -2.29. The second kappa shape index (κ2) is 9.83. The third kappa shape index (κ3) is 6.49. The molecule has 0 amide bonds. The number of nitro benzene ring substituents is 1. The summed E-state index contributed by atoms with van der Waals surface area (Å²) in [5, 5.41) is 12.0. The van der Waals surface area contributed by atoms with Crippen LogP contribution in [0.2, 0.25) is 0 Å². The number of fused-ring (bicyclic) bond motifs is 1. The molecule has 0 aromatic heterocycles. The second-order valence-corrected chi connectivity index (χ2v) is 7.27. The Bertz CT molecular complexity index is 1250. The van der Waals surface area contributed by atoms with Crippen molar-refractivity contribution in [1.82, 2.24) is 0 Å². The van der Waals surface area contributed by atoms with Gasteiger partial charge in [-0.2, -0.15) is 26.3 Å². The molecule has 4 rings (SSSR count). The van der Waals surface area contributed by atoms with Crippen LogP contribution in [-0.2, 0) is 17.0 Å². The van der Waals surface area contributed by atoms with Gasteiger partial charge in [0.2, 0.25) is 0 Å². The van der Waals surface area contributed by atoms with Crippen molar-refractivity contribution >= 4 is 35.4 Å². The van der Waals surface area contributed by atoms with Gasteiger partial charge in [-0.1, -0.05) is 41.9 Å². The minimum absolute atomic E-state index is 0.0706. The Hall–Kier alpha value is -4.17. The zero-order valence-electron chi connectivity index (χ0n) is 17.7. The minimum Gasteiger partial charge on any atom is -0.597 e. The summed E-state index contributed by atoms with van der Waals surface area (Å²) in [5.74, 6) is 0. The lowest BCUT2D eigenvalue weighted by molar-refractivity contribution is -0.384. The van der Waals surface area contributed by atoms with Crippen molar-refractivity contribution in [1.29, 1.82) is 0 Å². The Morgan fingerprint density at radius 1 is 0.833 bits per heavy atom. The van der Waals surface area contributed by atoms with Crippen LogP contribution in [0.25, 0.3) is 0 Å². The maximum absolute atomic E-state index is 14.1. The molecule has 190 valence electrons. The van der Waals surface area contributed by atoms with Gasteiger partial charge in [-0.05, 0) is 24.3 Å². The fraction of sp³-hybridized carbons (Fsp3) is 0.0952. The van der Waals surface area contributed by atoms with Gasteiger partial charge in [-0.3, -0.25) is 10.1 Å². The van der Waals surface area contributed by atoms with Crippen LogP contribution in [0.5, 0.6) is 0 Å². The zero-order valence-corrected chi connectivity index (χ0v) is 17.7. The molecule has 36 heavy (non-hydrogen) atoms. The first-order chi connectivity index (χ1) is 16.7. The van der Waals surface area contributed by atoms with Crippen LogP contribution in [0.15, 0.2) is 72.8 Å². The van der Waals surface area contributed by atoms with Crippen molar-refractivity contribution in [2.24, 2.45) is 0 Å². The fourth-order valence-electron chi connectivity index (χ4n) is 3.04. The molecule has 0 saturated heterocycles. The smallest absolute Gasteiger partial charge is 0.542 e. The number of nitro groups is 1. The predicted molar refractivity (Wildman–Crippen MR) is 114 cm³/mol. The molecular weight excluding hydrogens is 505 g/mol. The first-order valence-corrected chi connectivity index (χ1v) is 9.86. The topological polar surface area (TPSA) is 78.4 Å². The summed E-state index contributed by atoms with van der Waals surface area (Å²) in [6, 6.07) is 12.9. The van der Waals surface area contributed by atoms with Gasteiger partial charge in [0, 0.05) is 12.1 Å². The van der Waals surface area contributed by atoms with E-state index < -0.39 is 52.5 Å². The fourth-order valence-corrected chi connectivity index (χ4v) is 3.04. The number of nitrogens with one attached hydrogen (secondary N) is 2. The van der Waals surface area contributed by atoms with Crippen molar-refractivity contribution in [2.75, 3.05) is 5.32 Å². The second-order valence-electron chi connectivity index (χ2n) is 7.27. The number of halogens is 8. The summed E-state index contributed by atoms with van der Waals surface area (Å²) in [7, 11) is 0. The molecule has 2 N–H and O–H groups in total. The summed E-state index contributed by atoms with van der Waals surface area (Å²) >= 11 is 0. The number of nitrogens with zero attached hydrogens (tertiary/aromatic N) is 1. The first-order valence-electron chi connectivity index (χ1n) is 9.86. The van der Waals surface area contributed by atoms with E-state index in [2.05, 4.69) is 9.65 Å². The molecule has 0 aliphatic carbocycles. The number of rotatable bonds is 2. The molecule has 0 bridgehead atoms. The van der Waals surface area contributed by atoms with Crippen LogP contribution < -0.4 is 15.8 Å². The van der Waals surface area contributed by atoms with Crippen molar-refractivity contribution in [3.05, 3.63) is 94.0 Å². The van der Waals surface area contributed by atoms with Crippen LogP contribution in [-0.4, -0.2) is 17.8 Å². The van der Waals surface area contributed by atoms with Gasteiger partial charge < -0.3 is 13.3 Å². The highest BCUT2D eigenvalue weighted by Crippen LogP contribution is 2.37. The summed E-state index contributed by atoms with van der Waals surface area (Å²) in [6.07, 6.45) is -10.1. The summed E-state index contributed by atoms with van der Waals surface area (Å²) in [6.45, 7) is -4.55. The highest BCUT2D eigenvalue weighted by molar-refractivity contribution is 6.77. The van der Waals surface area contributed by atoms with Crippen molar-refractivity contribution in [3.8, 4) is 0 Å².